The quantitative estimate of drug-likeness (QED) is 0.643. The Bertz CT molecular complexity index is 536. The number of hydrogen-bond donors (Lipinski definition) is 3. The zero-order valence-electron chi connectivity index (χ0n) is 14.1. The number of nitrogens with one attached hydrogen (secondary N) is 1. The summed E-state index contributed by atoms with van der Waals surface area (Å²) < 4.78 is 42.5. The van der Waals surface area contributed by atoms with Crippen LogP contribution in [0.3, 0.4) is 0 Å². The van der Waals surface area contributed by atoms with Crippen LogP contribution in [0, 0.1) is 0 Å². The number of hydrogen-bond acceptors (Lipinski definition) is 4. The molecule has 144 valence electrons. The summed E-state index contributed by atoms with van der Waals surface area (Å²) in [7, 11) is 0. The Kier molecular flexibility index (Phi) is 9.24. The number of alkyl halides is 3. The average molecular weight is 385 g/mol. The highest BCUT2D eigenvalue weighted by molar-refractivity contribution is 5.85. The van der Waals surface area contributed by atoms with E-state index in [1.54, 1.807) is 6.92 Å². The lowest BCUT2D eigenvalue weighted by Crippen LogP contribution is -2.53. The van der Waals surface area contributed by atoms with Crippen LogP contribution >= 0.6 is 12.4 Å². The van der Waals surface area contributed by atoms with Crippen LogP contribution in [0.1, 0.15) is 32.3 Å². The fourth-order valence-electron chi connectivity index (χ4n) is 2.04. The first-order valence-corrected chi connectivity index (χ1v) is 7.61. The third-order valence-electron chi connectivity index (χ3n) is 3.41. The average Bonchev–Trinajstić information content (AvgIpc) is 2.50. The van der Waals surface area contributed by atoms with Crippen molar-refractivity contribution in [2.24, 2.45) is 5.73 Å². The van der Waals surface area contributed by atoms with Crippen molar-refractivity contribution < 1.29 is 27.8 Å². The van der Waals surface area contributed by atoms with E-state index in [9.17, 15) is 23.1 Å². The van der Waals surface area contributed by atoms with Crippen molar-refractivity contribution in [2.45, 2.75) is 44.5 Å². The van der Waals surface area contributed by atoms with Gasteiger partial charge in [0, 0.05) is 6.54 Å². The highest BCUT2D eigenvalue weighted by Gasteiger charge is 2.30. The lowest BCUT2D eigenvalue weighted by Gasteiger charge is -2.23. The summed E-state index contributed by atoms with van der Waals surface area (Å²) in [5.41, 5.74) is 4.07. The maximum absolute atomic E-state index is 12.4. The SMILES string of the molecule is CCCC(C)(N)C(=O)NCC(O)COc1ccc(C(F)(F)F)cc1.Cl. The van der Waals surface area contributed by atoms with Gasteiger partial charge in [0.15, 0.2) is 0 Å². The molecule has 25 heavy (non-hydrogen) atoms. The van der Waals surface area contributed by atoms with Gasteiger partial charge in [-0.1, -0.05) is 13.3 Å². The second kappa shape index (κ2) is 9.84. The smallest absolute Gasteiger partial charge is 0.416 e. The molecule has 0 saturated carbocycles. The fourth-order valence-corrected chi connectivity index (χ4v) is 2.04. The van der Waals surface area contributed by atoms with E-state index >= 15 is 0 Å². The van der Waals surface area contributed by atoms with Gasteiger partial charge in [-0.05, 0) is 37.6 Å². The molecule has 4 N–H and O–H groups in total. The van der Waals surface area contributed by atoms with E-state index in [1.807, 2.05) is 6.92 Å². The zero-order chi connectivity index (χ0) is 18.4. The van der Waals surface area contributed by atoms with Crippen molar-refractivity contribution in [3.05, 3.63) is 29.8 Å². The van der Waals surface area contributed by atoms with Crippen molar-refractivity contribution in [3.63, 3.8) is 0 Å². The molecule has 9 heteroatoms. The van der Waals surface area contributed by atoms with E-state index in [1.165, 1.54) is 12.1 Å². The van der Waals surface area contributed by atoms with Crippen LogP contribution < -0.4 is 15.8 Å². The molecule has 0 spiro atoms. The molecular weight excluding hydrogens is 361 g/mol. The molecule has 2 atom stereocenters. The standard InChI is InChI=1S/C16H23F3N2O3.ClH/c1-3-8-15(2,20)14(23)21-9-12(22)10-24-13-6-4-11(5-7-13)16(17,18)19;/h4-7,12,22H,3,8-10,20H2,1-2H3,(H,21,23);1H. The lowest BCUT2D eigenvalue weighted by molar-refractivity contribution is -0.137. The Labute approximate surface area is 151 Å². The number of carbonyl (C=O) groups excluding carboxylic acids is 1. The van der Waals surface area contributed by atoms with Crippen LogP contribution in [0.25, 0.3) is 0 Å². The highest BCUT2D eigenvalue weighted by Crippen LogP contribution is 2.30. The van der Waals surface area contributed by atoms with E-state index in [-0.39, 0.29) is 37.2 Å². The number of aliphatic hydroxyl groups excluding tert-OH is 1. The van der Waals surface area contributed by atoms with Gasteiger partial charge < -0.3 is 20.9 Å². The predicted molar refractivity (Wildman–Crippen MR) is 90.7 cm³/mol. The number of benzene rings is 1. The van der Waals surface area contributed by atoms with Gasteiger partial charge in [-0.3, -0.25) is 4.79 Å². The molecule has 0 heterocycles. The van der Waals surface area contributed by atoms with Crippen LogP contribution in [0.4, 0.5) is 13.2 Å². The molecule has 2 unspecified atom stereocenters. The molecule has 0 aliphatic carbocycles. The monoisotopic (exact) mass is 384 g/mol. The van der Waals surface area contributed by atoms with Gasteiger partial charge in [-0.25, -0.2) is 0 Å². The molecule has 0 radical (unpaired) electrons. The fraction of sp³-hybridized carbons (Fsp3) is 0.562. The Morgan fingerprint density at radius 2 is 1.88 bits per heavy atom. The van der Waals surface area contributed by atoms with E-state index < -0.39 is 23.4 Å². The summed E-state index contributed by atoms with van der Waals surface area (Å²) in [6.07, 6.45) is -4.15. The number of halogens is 4. The number of nitrogens with two attached hydrogens (primary N) is 1. The minimum atomic E-state index is -4.41. The summed E-state index contributed by atoms with van der Waals surface area (Å²) in [6.45, 7) is 3.29. The normalized spacial score (nSPS) is 14.8. The van der Waals surface area contributed by atoms with Crippen LogP contribution in [0.5, 0.6) is 5.75 Å². The number of carbonyl (C=O) groups is 1. The van der Waals surface area contributed by atoms with Crippen LogP contribution in [0.2, 0.25) is 0 Å². The topological polar surface area (TPSA) is 84.6 Å². The Balaban J connectivity index is 0.00000576. The predicted octanol–water partition coefficient (Wildman–Crippen LogP) is 2.50. The molecule has 0 aromatic heterocycles. The number of ether oxygens (including phenoxy) is 1. The molecule has 1 rings (SSSR count). The summed E-state index contributed by atoms with van der Waals surface area (Å²) >= 11 is 0. The van der Waals surface area contributed by atoms with Crippen LogP contribution in [0.15, 0.2) is 24.3 Å². The maximum atomic E-state index is 12.4. The minimum absolute atomic E-state index is 0. The van der Waals surface area contributed by atoms with Crippen LogP contribution in [-0.4, -0.2) is 35.8 Å². The van der Waals surface area contributed by atoms with Crippen LogP contribution in [-0.2, 0) is 11.0 Å². The maximum Gasteiger partial charge on any atom is 0.416 e. The molecule has 1 amide bonds. The van der Waals surface area contributed by atoms with Gasteiger partial charge in [0.25, 0.3) is 0 Å². The van der Waals surface area contributed by atoms with Crippen molar-refractivity contribution >= 4 is 18.3 Å². The first-order valence-electron chi connectivity index (χ1n) is 7.61. The Hall–Kier alpha value is -1.51. The minimum Gasteiger partial charge on any atom is -0.491 e. The first kappa shape index (κ1) is 23.5. The van der Waals surface area contributed by atoms with Crippen molar-refractivity contribution in [1.82, 2.24) is 5.32 Å². The third-order valence-corrected chi connectivity index (χ3v) is 3.41. The van der Waals surface area contributed by atoms with Gasteiger partial charge in [0.1, 0.15) is 18.5 Å². The molecule has 0 aliphatic rings. The van der Waals surface area contributed by atoms with E-state index in [2.05, 4.69) is 5.32 Å². The van der Waals surface area contributed by atoms with E-state index in [0.717, 1.165) is 18.6 Å². The molecule has 0 aliphatic heterocycles. The Morgan fingerprint density at radius 1 is 1.32 bits per heavy atom. The van der Waals surface area contributed by atoms with Gasteiger partial charge in [0.2, 0.25) is 5.91 Å². The summed E-state index contributed by atoms with van der Waals surface area (Å²) in [4.78, 5) is 11.9. The second-order valence-electron chi connectivity index (χ2n) is 5.86. The molecule has 0 bridgehead atoms. The molecule has 0 saturated heterocycles. The van der Waals surface area contributed by atoms with Gasteiger partial charge in [-0.15, -0.1) is 12.4 Å². The highest BCUT2D eigenvalue weighted by atomic mass is 35.5. The second-order valence-corrected chi connectivity index (χ2v) is 5.86. The summed E-state index contributed by atoms with van der Waals surface area (Å²) in [5.74, 6) is -0.180. The molecule has 5 nitrogen and oxygen atoms in total. The first-order chi connectivity index (χ1) is 11.1. The van der Waals surface area contributed by atoms with Gasteiger partial charge in [0.05, 0.1) is 11.1 Å². The summed E-state index contributed by atoms with van der Waals surface area (Å²) in [5, 5.41) is 12.3. The largest absolute Gasteiger partial charge is 0.491 e. The number of rotatable bonds is 8. The Morgan fingerprint density at radius 3 is 2.36 bits per heavy atom. The van der Waals surface area contributed by atoms with E-state index in [4.69, 9.17) is 10.5 Å². The van der Waals surface area contributed by atoms with Gasteiger partial charge >= 0.3 is 6.18 Å². The molecule has 1 aromatic carbocycles. The van der Waals surface area contributed by atoms with E-state index in [0.29, 0.717) is 6.42 Å². The molecule has 1 aromatic rings. The van der Waals surface area contributed by atoms with Crippen molar-refractivity contribution in [2.75, 3.05) is 13.2 Å². The van der Waals surface area contributed by atoms with Gasteiger partial charge in [-0.2, -0.15) is 13.2 Å². The summed E-state index contributed by atoms with van der Waals surface area (Å²) in [6, 6.07) is 4.14. The molecular formula is C16H24ClF3N2O3. The lowest BCUT2D eigenvalue weighted by atomic mass is 9.96. The number of aliphatic hydroxyl groups is 1. The number of amides is 1. The molecule has 0 fully saturated rings. The zero-order valence-corrected chi connectivity index (χ0v) is 14.9. The van der Waals surface area contributed by atoms with Crippen molar-refractivity contribution in [1.29, 1.82) is 0 Å². The third kappa shape index (κ3) is 7.94. The van der Waals surface area contributed by atoms with Crippen molar-refractivity contribution in [3.8, 4) is 5.75 Å².